The third-order valence-corrected chi connectivity index (χ3v) is 8.62. The number of benzene rings is 2. The van der Waals surface area contributed by atoms with Crippen LogP contribution in [0.25, 0.3) is 22.2 Å². The highest BCUT2D eigenvalue weighted by Gasteiger charge is 2.50. The minimum absolute atomic E-state index is 0.111. The highest BCUT2D eigenvalue weighted by atomic mass is 32.2. The zero-order valence-electron chi connectivity index (χ0n) is 20.1. The number of nitrogens with one attached hydrogen (secondary N) is 3. The first kappa shape index (κ1) is 24.3. The van der Waals surface area contributed by atoms with Gasteiger partial charge in [-0.25, -0.2) is 8.42 Å². The first-order valence-electron chi connectivity index (χ1n) is 11.6. The summed E-state index contributed by atoms with van der Waals surface area (Å²) < 4.78 is 42.3. The molecule has 1 fully saturated rings. The summed E-state index contributed by atoms with van der Waals surface area (Å²) in [5, 5.41) is 6.59. The van der Waals surface area contributed by atoms with Crippen molar-refractivity contribution in [1.82, 2.24) is 10.3 Å². The molecule has 10 nitrogen and oxygen atoms in total. The number of methoxy groups -OCH3 is 1. The number of H-pyrrole nitrogens is 1. The fraction of sp³-hybridized carbons (Fsp3) is 0.360. The van der Waals surface area contributed by atoms with Gasteiger partial charge < -0.3 is 29.8 Å². The van der Waals surface area contributed by atoms with Gasteiger partial charge in [-0.3, -0.25) is 9.59 Å². The van der Waals surface area contributed by atoms with E-state index in [1.165, 1.54) is 19.2 Å². The van der Waals surface area contributed by atoms with Crippen LogP contribution in [0.2, 0.25) is 0 Å². The fourth-order valence-electron chi connectivity index (χ4n) is 4.65. The quantitative estimate of drug-likeness (QED) is 0.338. The SMILES string of the molecule is CCOC(=O)C1(C)C(=O)Nc2cc3[nH]c(-c4ccc(S(=O)(=O)C5CNCCO5)cc4OC)cc3cc21. The molecule has 2 aliphatic rings. The number of hydrogen-bond acceptors (Lipinski definition) is 8. The Kier molecular flexibility index (Phi) is 6.01. The normalized spacial score (nSPS) is 21.8. The molecule has 36 heavy (non-hydrogen) atoms. The zero-order chi connectivity index (χ0) is 25.7. The number of ether oxygens (including phenoxy) is 3. The Morgan fingerprint density at radius 3 is 2.72 bits per heavy atom. The number of esters is 1. The van der Waals surface area contributed by atoms with Crippen molar-refractivity contribution in [2.24, 2.45) is 0 Å². The average Bonchev–Trinajstić information content (AvgIpc) is 3.41. The monoisotopic (exact) mass is 513 g/mol. The summed E-state index contributed by atoms with van der Waals surface area (Å²) in [4.78, 5) is 28.7. The molecule has 3 heterocycles. The molecule has 3 aromatic rings. The van der Waals surface area contributed by atoms with E-state index in [1.54, 1.807) is 32.0 Å². The van der Waals surface area contributed by atoms with Gasteiger partial charge in [0.1, 0.15) is 5.75 Å². The van der Waals surface area contributed by atoms with Crippen LogP contribution in [0, 0.1) is 0 Å². The van der Waals surface area contributed by atoms with E-state index in [4.69, 9.17) is 14.2 Å². The molecule has 0 spiro atoms. The molecule has 0 bridgehead atoms. The molecule has 0 aliphatic carbocycles. The smallest absolute Gasteiger partial charge is 0.326 e. The lowest BCUT2D eigenvalue weighted by atomic mass is 9.83. The Morgan fingerprint density at radius 1 is 1.22 bits per heavy atom. The lowest BCUT2D eigenvalue weighted by Crippen LogP contribution is -2.43. The Balaban J connectivity index is 1.54. The van der Waals surface area contributed by atoms with Gasteiger partial charge in [0.05, 0.1) is 30.9 Å². The second-order valence-corrected chi connectivity index (χ2v) is 11.0. The van der Waals surface area contributed by atoms with E-state index in [1.807, 2.05) is 6.07 Å². The maximum absolute atomic E-state index is 13.0. The summed E-state index contributed by atoms with van der Waals surface area (Å²) >= 11 is 0. The van der Waals surface area contributed by atoms with E-state index >= 15 is 0 Å². The number of rotatable bonds is 6. The highest BCUT2D eigenvalue weighted by Crippen LogP contribution is 2.42. The summed E-state index contributed by atoms with van der Waals surface area (Å²) in [6, 6.07) is 10.1. The summed E-state index contributed by atoms with van der Waals surface area (Å²) in [5.74, 6) is -0.657. The number of fused-ring (bicyclic) bond motifs is 2. The lowest BCUT2D eigenvalue weighted by molar-refractivity contribution is -0.152. The number of aromatic nitrogens is 1. The van der Waals surface area contributed by atoms with Crippen molar-refractivity contribution >= 4 is 38.3 Å². The van der Waals surface area contributed by atoms with Crippen LogP contribution in [0.3, 0.4) is 0 Å². The van der Waals surface area contributed by atoms with E-state index in [9.17, 15) is 18.0 Å². The molecule has 1 saturated heterocycles. The number of sulfone groups is 1. The topological polar surface area (TPSA) is 136 Å². The van der Waals surface area contributed by atoms with E-state index in [2.05, 4.69) is 15.6 Å². The standard InChI is InChI=1S/C25H27N3O7S/c1-4-34-24(30)25(2)17-9-14-10-19(27-18(14)12-20(17)28-23(25)29)16-6-5-15(11-21(16)33-3)36(31,32)22-13-26-7-8-35-22/h5-6,9-12,22,26-27H,4,7-8,13H2,1-3H3,(H,28,29). The van der Waals surface area contributed by atoms with Crippen LogP contribution >= 0.6 is 0 Å². The fourth-order valence-corrected chi connectivity index (χ4v) is 6.10. The van der Waals surface area contributed by atoms with Crippen LogP contribution in [0.5, 0.6) is 5.75 Å². The minimum Gasteiger partial charge on any atom is -0.496 e. The van der Waals surface area contributed by atoms with Crippen molar-refractivity contribution in [2.45, 2.75) is 29.6 Å². The summed E-state index contributed by atoms with van der Waals surface area (Å²) in [7, 11) is -2.24. The average molecular weight is 514 g/mol. The molecule has 5 rings (SSSR count). The molecule has 3 N–H and O–H groups in total. The molecule has 2 aromatic carbocycles. The third kappa shape index (κ3) is 3.74. The van der Waals surface area contributed by atoms with Crippen LogP contribution in [-0.2, 0) is 34.3 Å². The van der Waals surface area contributed by atoms with E-state index in [-0.39, 0.29) is 18.0 Å². The van der Waals surface area contributed by atoms with Crippen LogP contribution in [-0.4, -0.2) is 64.1 Å². The summed E-state index contributed by atoms with van der Waals surface area (Å²) in [6.45, 7) is 4.58. The maximum atomic E-state index is 13.0. The van der Waals surface area contributed by atoms with Crippen molar-refractivity contribution in [2.75, 3.05) is 38.7 Å². The summed E-state index contributed by atoms with van der Waals surface area (Å²) in [6.07, 6.45) is 0. The number of carbonyl (C=O) groups is 2. The van der Waals surface area contributed by atoms with Gasteiger partial charge in [-0.05, 0) is 50.2 Å². The predicted octanol–water partition coefficient (Wildman–Crippen LogP) is 2.34. The van der Waals surface area contributed by atoms with Gasteiger partial charge in [-0.2, -0.15) is 0 Å². The van der Waals surface area contributed by atoms with Crippen molar-refractivity contribution in [3.63, 3.8) is 0 Å². The Labute approximate surface area is 208 Å². The van der Waals surface area contributed by atoms with Crippen molar-refractivity contribution in [1.29, 1.82) is 0 Å². The number of morpholine rings is 1. The number of amides is 1. The van der Waals surface area contributed by atoms with Gasteiger partial charge in [0, 0.05) is 40.8 Å². The maximum Gasteiger partial charge on any atom is 0.326 e. The van der Waals surface area contributed by atoms with Crippen LogP contribution in [0.4, 0.5) is 5.69 Å². The number of anilines is 1. The van der Waals surface area contributed by atoms with Crippen LogP contribution in [0.15, 0.2) is 41.3 Å². The van der Waals surface area contributed by atoms with Gasteiger partial charge in [-0.15, -0.1) is 0 Å². The zero-order valence-corrected chi connectivity index (χ0v) is 21.0. The van der Waals surface area contributed by atoms with Crippen LogP contribution in [0.1, 0.15) is 19.4 Å². The molecule has 2 atom stereocenters. The van der Waals surface area contributed by atoms with Crippen molar-refractivity contribution in [3.05, 3.63) is 42.0 Å². The highest BCUT2D eigenvalue weighted by molar-refractivity contribution is 7.92. The van der Waals surface area contributed by atoms with E-state index in [0.717, 1.165) is 10.9 Å². The van der Waals surface area contributed by atoms with Crippen LogP contribution < -0.4 is 15.4 Å². The molecule has 2 aliphatic heterocycles. The molecule has 11 heteroatoms. The van der Waals surface area contributed by atoms with Crippen molar-refractivity contribution < 1.29 is 32.2 Å². The van der Waals surface area contributed by atoms with Gasteiger partial charge in [0.2, 0.25) is 15.7 Å². The molecule has 0 radical (unpaired) electrons. The molecule has 1 amide bonds. The van der Waals surface area contributed by atoms with E-state index in [0.29, 0.717) is 41.4 Å². The molecule has 1 aromatic heterocycles. The first-order chi connectivity index (χ1) is 17.2. The lowest BCUT2D eigenvalue weighted by Gasteiger charge is -2.23. The second kappa shape index (κ2) is 8.91. The van der Waals surface area contributed by atoms with Gasteiger partial charge >= 0.3 is 5.97 Å². The van der Waals surface area contributed by atoms with Gasteiger partial charge in [-0.1, -0.05) is 0 Å². The molecular formula is C25H27N3O7S. The van der Waals surface area contributed by atoms with Crippen molar-refractivity contribution in [3.8, 4) is 17.0 Å². The summed E-state index contributed by atoms with van der Waals surface area (Å²) in [5.41, 5.74) is 0.755. The first-order valence-corrected chi connectivity index (χ1v) is 13.1. The number of aromatic amines is 1. The minimum atomic E-state index is -3.72. The number of carbonyl (C=O) groups excluding carboxylic acids is 2. The Bertz CT molecular complexity index is 1470. The van der Waals surface area contributed by atoms with E-state index < -0.39 is 32.6 Å². The van der Waals surface area contributed by atoms with Gasteiger partial charge in [0.25, 0.3) is 0 Å². The Morgan fingerprint density at radius 2 is 2.03 bits per heavy atom. The molecule has 190 valence electrons. The largest absolute Gasteiger partial charge is 0.496 e. The molecule has 0 saturated carbocycles. The number of hydrogen-bond donors (Lipinski definition) is 3. The molecule has 2 unspecified atom stereocenters. The van der Waals surface area contributed by atoms with Gasteiger partial charge in [0.15, 0.2) is 10.9 Å². The Hall–Kier alpha value is -3.41. The third-order valence-electron chi connectivity index (χ3n) is 6.71. The second-order valence-electron chi connectivity index (χ2n) is 8.88. The molecular weight excluding hydrogens is 486 g/mol. The predicted molar refractivity (Wildman–Crippen MR) is 133 cm³/mol.